The average molecular weight is 285 g/mol. The molecule has 0 aliphatic carbocycles. The van der Waals surface area contributed by atoms with Crippen LogP contribution in [0.2, 0.25) is 0 Å². The van der Waals surface area contributed by atoms with E-state index in [1.54, 1.807) is 18.3 Å². The normalized spacial score (nSPS) is 10.7. The van der Waals surface area contributed by atoms with Crippen LogP contribution >= 0.6 is 11.3 Å². The summed E-state index contributed by atoms with van der Waals surface area (Å²) in [6, 6.07) is 12.1. The second-order valence-electron chi connectivity index (χ2n) is 4.34. The van der Waals surface area contributed by atoms with Gasteiger partial charge in [-0.1, -0.05) is 18.2 Å². The molecule has 0 bridgehead atoms. The van der Waals surface area contributed by atoms with Gasteiger partial charge >= 0.3 is 0 Å². The van der Waals surface area contributed by atoms with Crippen LogP contribution in [0.4, 0.5) is 9.52 Å². The fourth-order valence-electron chi connectivity index (χ4n) is 1.98. The van der Waals surface area contributed by atoms with Crippen LogP contribution in [-0.4, -0.2) is 9.97 Å². The first kappa shape index (κ1) is 12.7. The van der Waals surface area contributed by atoms with Crippen molar-refractivity contribution < 1.29 is 4.39 Å². The molecule has 100 valence electrons. The number of aromatic nitrogens is 2. The SMILES string of the molecule is Nc1nc(-c2ccccn2)c(Cc2ccc(F)cc2)s1. The highest BCUT2D eigenvalue weighted by atomic mass is 32.1. The van der Waals surface area contributed by atoms with Gasteiger partial charge in [-0.2, -0.15) is 0 Å². The van der Waals surface area contributed by atoms with Crippen LogP contribution in [0.1, 0.15) is 10.4 Å². The molecule has 0 aliphatic rings. The molecule has 0 radical (unpaired) electrons. The Hall–Kier alpha value is -2.27. The van der Waals surface area contributed by atoms with Gasteiger partial charge in [-0.3, -0.25) is 4.98 Å². The number of halogens is 1. The summed E-state index contributed by atoms with van der Waals surface area (Å²) in [6.07, 6.45) is 2.40. The molecule has 20 heavy (non-hydrogen) atoms. The molecule has 0 saturated heterocycles. The van der Waals surface area contributed by atoms with Crippen molar-refractivity contribution >= 4 is 16.5 Å². The maximum absolute atomic E-state index is 12.9. The molecule has 3 nitrogen and oxygen atoms in total. The molecular formula is C15H12FN3S. The topological polar surface area (TPSA) is 51.8 Å². The van der Waals surface area contributed by atoms with Gasteiger partial charge < -0.3 is 5.73 Å². The third-order valence-electron chi connectivity index (χ3n) is 2.90. The predicted molar refractivity (Wildman–Crippen MR) is 79.0 cm³/mol. The molecule has 0 aliphatic heterocycles. The van der Waals surface area contributed by atoms with Crippen LogP contribution < -0.4 is 5.73 Å². The van der Waals surface area contributed by atoms with Crippen LogP contribution in [0.15, 0.2) is 48.7 Å². The van der Waals surface area contributed by atoms with E-state index >= 15 is 0 Å². The van der Waals surface area contributed by atoms with Crippen LogP contribution in [0, 0.1) is 5.82 Å². The van der Waals surface area contributed by atoms with Gasteiger partial charge in [0, 0.05) is 17.5 Å². The Kier molecular flexibility index (Phi) is 3.43. The summed E-state index contributed by atoms with van der Waals surface area (Å²) in [5.41, 5.74) is 8.44. The molecule has 3 aromatic rings. The molecule has 0 spiro atoms. The minimum atomic E-state index is -0.234. The van der Waals surface area contributed by atoms with Gasteiger partial charge in [-0.25, -0.2) is 9.37 Å². The Bertz CT molecular complexity index is 708. The fourth-order valence-corrected chi connectivity index (χ4v) is 2.86. The molecule has 0 amide bonds. The lowest BCUT2D eigenvalue weighted by Crippen LogP contribution is -1.91. The van der Waals surface area contributed by atoms with E-state index < -0.39 is 0 Å². The second kappa shape index (κ2) is 5.38. The number of benzene rings is 1. The largest absolute Gasteiger partial charge is 0.375 e. The predicted octanol–water partition coefficient (Wildman–Crippen LogP) is 3.52. The molecular weight excluding hydrogens is 273 g/mol. The Balaban J connectivity index is 1.96. The average Bonchev–Trinajstić information content (AvgIpc) is 2.83. The Morgan fingerprint density at radius 3 is 2.60 bits per heavy atom. The first-order valence-corrected chi connectivity index (χ1v) is 6.95. The number of hydrogen-bond donors (Lipinski definition) is 1. The maximum atomic E-state index is 12.9. The van der Waals surface area contributed by atoms with Crippen molar-refractivity contribution in [2.24, 2.45) is 0 Å². The molecule has 0 fully saturated rings. The van der Waals surface area contributed by atoms with Crippen molar-refractivity contribution in [3.05, 3.63) is 64.9 Å². The van der Waals surface area contributed by atoms with Gasteiger partial charge in [0.2, 0.25) is 0 Å². The lowest BCUT2D eigenvalue weighted by Gasteiger charge is -2.02. The maximum Gasteiger partial charge on any atom is 0.180 e. The number of nitrogen functional groups attached to an aromatic ring is 1. The Morgan fingerprint density at radius 1 is 1.10 bits per heavy atom. The van der Waals surface area contributed by atoms with E-state index in [0.717, 1.165) is 21.8 Å². The lowest BCUT2D eigenvalue weighted by atomic mass is 10.1. The zero-order valence-corrected chi connectivity index (χ0v) is 11.4. The first-order chi connectivity index (χ1) is 9.72. The van der Waals surface area contributed by atoms with Gasteiger partial charge in [0.15, 0.2) is 5.13 Å². The molecule has 2 N–H and O–H groups in total. The monoisotopic (exact) mass is 285 g/mol. The summed E-state index contributed by atoms with van der Waals surface area (Å²) in [6.45, 7) is 0. The number of hydrogen-bond acceptors (Lipinski definition) is 4. The van der Waals surface area contributed by atoms with Gasteiger partial charge in [0.1, 0.15) is 11.5 Å². The van der Waals surface area contributed by atoms with E-state index in [-0.39, 0.29) is 5.82 Å². The van der Waals surface area contributed by atoms with E-state index in [9.17, 15) is 4.39 Å². The van der Waals surface area contributed by atoms with Gasteiger partial charge in [0.25, 0.3) is 0 Å². The molecule has 3 rings (SSSR count). The minimum Gasteiger partial charge on any atom is -0.375 e. The summed E-state index contributed by atoms with van der Waals surface area (Å²) in [7, 11) is 0. The summed E-state index contributed by atoms with van der Waals surface area (Å²) in [5, 5.41) is 0.516. The third kappa shape index (κ3) is 2.67. The summed E-state index contributed by atoms with van der Waals surface area (Å²) >= 11 is 1.44. The van der Waals surface area contributed by atoms with E-state index in [2.05, 4.69) is 9.97 Å². The van der Waals surface area contributed by atoms with Crippen LogP contribution in [0.25, 0.3) is 11.4 Å². The zero-order chi connectivity index (χ0) is 13.9. The van der Waals surface area contributed by atoms with Gasteiger partial charge in [0.05, 0.1) is 5.69 Å². The van der Waals surface area contributed by atoms with Gasteiger partial charge in [-0.05, 0) is 29.8 Å². The zero-order valence-electron chi connectivity index (χ0n) is 10.6. The Labute approximate surface area is 119 Å². The number of anilines is 1. The Morgan fingerprint density at radius 2 is 1.90 bits per heavy atom. The van der Waals surface area contributed by atoms with E-state index in [0.29, 0.717) is 11.6 Å². The molecule has 5 heteroatoms. The molecule has 2 heterocycles. The molecule has 0 saturated carbocycles. The van der Waals surface area contributed by atoms with E-state index in [1.807, 2.05) is 18.2 Å². The number of rotatable bonds is 3. The minimum absolute atomic E-state index is 0.234. The number of nitrogens with zero attached hydrogens (tertiary/aromatic N) is 2. The van der Waals surface area contributed by atoms with E-state index in [1.165, 1.54) is 23.5 Å². The second-order valence-corrected chi connectivity index (χ2v) is 5.46. The molecule has 1 aromatic carbocycles. The molecule has 2 aromatic heterocycles. The number of pyridine rings is 1. The summed E-state index contributed by atoms with van der Waals surface area (Å²) < 4.78 is 12.9. The number of thiazole rings is 1. The highest BCUT2D eigenvalue weighted by Crippen LogP contribution is 2.30. The van der Waals surface area contributed by atoms with Crippen LogP contribution in [0.3, 0.4) is 0 Å². The van der Waals surface area contributed by atoms with Crippen molar-refractivity contribution in [2.75, 3.05) is 5.73 Å². The van der Waals surface area contributed by atoms with E-state index in [4.69, 9.17) is 5.73 Å². The van der Waals surface area contributed by atoms with Crippen molar-refractivity contribution in [2.45, 2.75) is 6.42 Å². The third-order valence-corrected chi connectivity index (χ3v) is 3.78. The quantitative estimate of drug-likeness (QED) is 0.801. The smallest absolute Gasteiger partial charge is 0.180 e. The van der Waals surface area contributed by atoms with Crippen molar-refractivity contribution in [3.8, 4) is 11.4 Å². The number of nitrogens with two attached hydrogens (primary N) is 1. The van der Waals surface area contributed by atoms with Crippen molar-refractivity contribution in [1.29, 1.82) is 0 Å². The summed E-state index contributed by atoms with van der Waals surface area (Å²) in [4.78, 5) is 9.70. The lowest BCUT2D eigenvalue weighted by molar-refractivity contribution is 0.627. The van der Waals surface area contributed by atoms with Crippen molar-refractivity contribution in [1.82, 2.24) is 9.97 Å². The van der Waals surface area contributed by atoms with Crippen molar-refractivity contribution in [3.63, 3.8) is 0 Å². The molecule has 0 unspecified atom stereocenters. The highest BCUT2D eigenvalue weighted by Gasteiger charge is 2.13. The highest BCUT2D eigenvalue weighted by molar-refractivity contribution is 7.15. The summed E-state index contributed by atoms with van der Waals surface area (Å²) in [5.74, 6) is -0.234. The standard InChI is InChI=1S/C15H12FN3S/c16-11-6-4-10(5-7-11)9-13-14(19-15(17)20-13)12-3-1-2-8-18-12/h1-8H,9H2,(H2,17,19). The first-order valence-electron chi connectivity index (χ1n) is 6.13. The van der Waals surface area contributed by atoms with Crippen LogP contribution in [0.5, 0.6) is 0 Å². The molecule has 0 atom stereocenters. The fraction of sp³-hybridized carbons (Fsp3) is 0.0667. The van der Waals surface area contributed by atoms with Crippen LogP contribution in [-0.2, 0) is 6.42 Å². The van der Waals surface area contributed by atoms with Gasteiger partial charge in [-0.15, -0.1) is 11.3 Å².